The second kappa shape index (κ2) is 6.74. The lowest BCUT2D eigenvalue weighted by atomic mass is 10.1. The zero-order chi connectivity index (χ0) is 18.9. The van der Waals surface area contributed by atoms with Gasteiger partial charge in [-0.05, 0) is 57.2 Å². The van der Waals surface area contributed by atoms with E-state index in [4.69, 9.17) is 10.5 Å². The quantitative estimate of drug-likeness (QED) is 0.696. The average molecular weight is 358 g/mol. The predicted octanol–water partition coefficient (Wildman–Crippen LogP) is 4.14. The highest BCUT2D eigenvalue weighted by Crippen LogP contribution is 2.31. The summed E-state index contributed by atoms with van der Waals surface area (Å²) in [5.41, 5.74) is 6.28. The van der Waals surface area contributed by atoms with E-state index in [1.165, 1.54) is 6.07 Å². The lowest BCUT2D eigenvalue weighted by Crippen LogP contribution is -2.30. The van der Waals surface area contributed by atoms with Crippen LogP contribution < -0.4 is 10.5 Å². The molecular weight excluding hydrogens is 338 g/mol. The number of hydrogen-bond acceptors (Lipinski definition) is 4. The van der Waals surface area contributed by atoms with Crippen LogP contribution >= 0.6 is 0 Å². The fourth-order valence-corrected chi connectivity index (χ4v) is 2.77. The van der Waals surface area contributed by atoms with Crippen molar-refractivity contribution >= 4 is 5.69 Å². The molecule has 1 aromatic heterocycles. The van der Waals surface area contributed by atoms with Crippen LogP contribution in [0.1, 0.15) is 26.6 Å². The molecule has 2 aromatic carbocycles. The van der Waals surface area contributed by atoms with Gasteiger partial charge in [0.2, 0.25) is 0 Å². The fraction of sp³-hybridized carbons (Fsp3) is 0.263. The van der Waals surface area contributed by atoms with Gasteiger partial charge in [-0.15, -0.1) is 10.2 Å². The number of nitrogen functional groups attached to an aromatic ring is 1. The molecule has 0 aliphatic heterocycles. The minimum Gasteiger partial charge on any atom is -0.477 e. The molecule has 3 rings (SSSR count). The molecule has 26 heavy (non-hydrogen) atoms. The van der Waals surface area contributed by atoms with E-state index in [9.17, 15) is 8.78 Å². The summed E-state index contributed by atoms with van der Waals surface area (Å²) in [7, 11) is 0. The van der Waals surface area contributed by atoms with Crippen molar-refractivity contribution in [2.24, 2.45) is 0 Å². The minimum absolute atomic E-state index is 0.0453. The second-order valence-corrected chi connectivity index (χ2v) is 6.40. The molecular formula is C19H20F2N4O. The summed E-state index contributed by atoms with van der Waals surface area (Å²) in [6, 6.07) is 10.5. The summed E-state index contributed by atoms with van der Waals surface area (Å²) < 4.78 is 34.8. The topological polar surface area (TPSA) is 66.0 Å². The van der Waals surface area contributed by atoms with Crippen molar-refractivity contribution in [1.82, 2.24) is 14.8 Å². The summed E-state index contributed by atoms with van der Waals surface area (Å²) in [6.45, 7) is 6.08. The summed E-state index contributed by atoms with van der Waals surface area (Å²) in [5.74, 6) is -0.264. The maximum atomic E-state index is 14.0. The van der Waals surface area contributed by atoms with E-state index in [0.29, 0.717) is 23.9 Å². The van der Waals surface area contributed by atoms with E-state index in [2.05, 4.69) is 10.2 Å². The Kier molecular flexibility index (Phi) is 4.63. The van der Waals surface area contributed by atoms with Crippen LogP contribution in [0.4, 0.5) is 14.5 Å². The van der Waals surface area contributed by atoms with Crippen molar-refractivity contribution < 1.29 is 13.5 Å². The van der Waals surface area contributed by atoms with Crippen LogP contribution in [0.25, 0.3) is 11.4 Å². The number of benzene rings is 2. The SMILES string of the molecule is CCn1c(-c2ccc(N)cc2)nnc1C(C)(C)Oc1ccc(F)cc1F. The van der Waals surface area contributed by atoms with E-state index < -0.39 is 17.2 Å². The molecule has 5 nitrogen and oxygen atoms in total. The molecule has 0 amide bonds. The van der Waals surface area contributed by atoms with E-state index >= 15 is 0 Å². The molecule has 0 aliphatic carbocycles. The van der Waals surface area contributed by atoms with Gasteiger partial charge in [-0.2, -0.15) is 0 Å². The van der Waals surface area contributed by atoms with Gasteiger partial charge in [-0.3, -0.25) is 0 Å². The number of ether oxygens (including phenoxy) is 1. The number of aromatic nitrogens is 3. The number of nitrogens with zero attached hydrogens (tertiary/aromatic N) is 3. The molecule has 0 bridgehead atoms. The Morgan fingerprint density at radius 2 is 1.77 bits per heavy atom. The van der Waals surface area contributed by atoms with Gasteiger partial charge in [-0.1, -0.05) is 0 Å². The highest BCUT2D eigenvalue weighted by molar-refractivity contribution is 5.59. The molecule has 0 saturated heterocycles. The Bertz CT molecular complexity index is 920. The molecule has 0 atom stereocenters. The highest BCUT2D eigenvalue weighted by Gasteiger charge is 2.31. The first kappa shape index (κ1) is 17.8. The monoisotopic (exact) mass is 358 g/mol. The van der Waals surface area contributed by atoms with Crippen molar-refractivity contribution in [3.8, 4) is 17.1 Å². The molecule has 0 radical (unpaired) electrons. The smallest absolute Gasteiger partial charge is 0.177 e. The standard InChI is InChI=1S/C19H20F2N4O/c1-4-25-17(12-5-8-14(22)9-6-12)23-24-18(25)19(2,3)26-16-10-7-13(20)11-15(16)21/h5-11H,4,22H2,1-3H3. The van der Waals surface area contributed by atoms with Gasteiger partial charge in [0, 0.05) is 23.9 Å². The Labute approximate surface area is 150 Å². The Balaban J connectivity index is 1.98. The van der Waals surface area contributed by atoms with E-state index in [1.807, 2.05) is 23.6 Å². The van der Waals surface area contributed by atoms with E-state index in [1.54, 1.807) is 26.0 Å². The number of hydrogen-bond donors (Lipinski definition) is 1. The van der Waals surface area contributed by atoms with Crippen molar-refractivity contribution in [1.29, 1.82) is 0 Å². The molecule has 1 heterocycles. The highest BCUT2D eigenvalue weighted by atomic mass is 19.1. The van der Waals surface area contributed by atoms with Crippen LogP contribution in [0.3, 0.4) is 0 Å². The Hall–Kier alpha value is -2.96. The van der Waals surface area contributed by atoms with Crippen LogP contribution in [0.5, 0.6) is 5.75 Å². The number of anilines is 1. The van der Waals surface area contributed by atoms with Crippen molar-refractivity contribution in [3.05, 3.63) is 59.9 Å². The molecule has 2 N–H and O–H groups in total. The van der Waals surface area contributed by atoms with Gasteiger partial charge < -0.3 is 15.0 Å². The number of halogens is 2. The van der Waals surface area contributed by atoms with Crippen LogP contribution in [-0.2, 0) is 12.1 Å². The third-order valence-electron chi connectivity index (χ3n) is 4.03. The van der Waals surface area contributed by atoms with Crippen LogP contribution in [0.15, 0.2) is 42.5 Å². The fourth-order valence-electron chi connectivity index (χ4n) is 2.77. The van der Waals surface area contributed by atoms with Crippen molar-refractivity contribution in [2.75, 3.05) is 5.73 Å². The largest absolute Gasteiger partial charge is 0.477 e. The Morgan fingerprint density at radius 1 is 1.08 bits per heavy atom. The molecule has 7 heteroatoms. The molecule has 0 fully saturated rings. The van der Waals surface area contributed by atoms with E-state index in [-0.39, 0.29) is 5.75 Å². The predicted molar refractivity (Wildman–Crippen MR) is 95.6 cm³/mol. The summed E-state index contributed by atoms with van der Waals surface area (Å²) in [5, 5.41) is 8.53. The first-order valence-corrected chi connectivity index (χ1v) is 8.25. The minimum atomic E-state index is -0.978. The first-order valence-electron chi connectivity index (χ1n) is 8.25. The first-order chi connectivity index (χ1) is 12.3. The normalized spacial score (nSPS) is 11.6. The van der Waals surface area contributed by atoms with Crippen molar-refractivity contribution in [2.45, 2.75) is 32.9 Å². The average Bonchev–Trinajstić information content (AvgIpc) is 3.03. The van der Waals surface area contributed by atoms with Crippen LogP contribution in [0.2, 0.25) is 0 Å². The van der Waals surface area contributed by atoms with Crippen LogP contribution in [-0.4, -0.2) is 14.8 Å². The van der Waals surface area contributed by atoms with Gasteiger partial charge in [0.05, 0.1) is 0 Å². The maximum Gasteiger partial charge on any atom is 0.177 e. The van der Waals surface area contributed by atoms with Gasteiger partial charge in [0.1, 0.15) is 5.82 Å². The third kappa shape index (κ3) is 3.37. The van der Waals surface area contributed by atoms with Gasteiger partial charge in [0.25, 0.3) is 0 Å². The second-order valence-electron chi connectivity index (χ2n) is 6.40. The summed E-state index contributed by atoms with van der Waals surface area (Å²) in [6.07, 6.45) is 0. The van der Waals surface area contributed by atoms with Crippen LogP contribution in [0, 0.1) is 11.6 Å². The van der Waals surface area contributed by atoms with Crippen molar-refractivity contribution in [3.63, 3.8) is 0 Å². The molecule has 0 saturated carbocycles. The van der Waals surface area contributed by atoms with Gasteiger partial charge in [-0.25, -0.2) is 8.78 Å². The third-order valence-corrected chi connectivity index (χ3v) is 4.03. The molecule has 0 unspecified atom stereocenters. The summed E-state index contributed by atoms with van der Waals surface area (Å²) >= 11 is 0. The molecule has 3 aromatic rings. The van der Waals surface area contributed by atoms with E-state index in [0.717, 1.165) is 17.7 Å². The van der Waals surface area contributed by atoms with Gasteiger partial charge in [0.15, 0.2) is 28.8 Å². The Morgan fingerprint density at radius 3 is 2.38 bits per heavy atom. The van der Waals surface area contributed by atoms with Gasteiger partial charge >= 0.3 is 0 Å². The molecule has 0 aliphatic rings. The number of rotatable bonds is 5. The molecule has 136 valence electrons. The molecule has 0 spiro atoms. The zero-order valence-corrected chi connectivity index (χ0v) is 14.8. The zero-order valence-electron chi connectivity index (χ0n) is 14.8. The lowest BCUT2D eigenvalue weighted by molar-refractivity contribution is 0.0883. The lowest BCUT2D eigenvalue weighted by Gasteiger charge is -2.26. The number of nitrogens with two attached hydrogens (primary N) is 1. The summed E-state index contributed by atoms with van der Waals surface area (Å²) in [4.78, 5) is 0. The maximum absolute atomic E-state index is 14.0.